The molecule has 1 N–H and O–H groups in total. The molecule has 2 unspecified atom stereocenters. The van der Waals surface area contributed by atoms with Crippen molar-refractivity contribution in [3.05, 3.63) is 0 Å². The maximum absolute atomic E-state index is 11.9. The van der Waals surface area contributed by atoms with Crippen LogP contribution in [0.25, 0.3) is 0 Å². The number of aliphatic hydroxyl groups excluding tert-OH is 1. The van der Waals surface area contributed by atoms with Crippen molar-refractivity contribution < 1.29 is 9.90 Å². The number of likely N-dealkylation sites (N-methyl/N-ethyl adjacent to an activating group) is 1. The molecule has 1 saturated heterocycles. The highest BCUT2D eigenvalue weighted by molar-refractivity contribution is 5.78. The van der Waals surface area contributed by atoms with Crippen molar-refractivity contribution in [1.29, 1.82) is 0 Å². The van der Waals surface area contributed by atoms with Gasteiger partial charge in [-0.05, 0) is 26.2 Å². The van der Waals surface area contributed by atoms with Crippen molar-refractivity contribution in [2.45, 2.75) is 33.3 Å². The Bertz CT molecular complexity index is 229. The summed E-state index contributed by atoms with van der Waals surface area (Å²) in [6.07, 6.45) is 0.590. The molecule has 0 aromatic carbocycles. The normalized spacial score (nSPS) is 26.8. The molecule has 2 atom stereocenters. The van der Waals surface area contributed by atoms with Gasteiger partial charge in [-0.1, -0.05) is 6.92 Å². The smallest absolute Gasteiger partial charge is 0.236 e. The fourth-order valence-electron chi connectivity index (χ4n) is 2.23. The van der Waals surface area contributed by atoms with Crippen LogP contribution in [-0.4, -0.2) is 59.6 Å². The van der Waals surface area contributed by atoms with Gasteiger partial charge in [0.2, 0.25) is 5.91 Å². The van der Waals surface area contributed by atoms with E-state index in [9.17, 15) is 9.90 Å². The first-order valence-electron chi connectivity index (χ1n) is 6.26. The number of hydrogen-bond acceptors (Lipinski definition) is 3. The molecule has 4 nitrogen and oxygen atoms in total. The number of rotatable bonds is 4. The first-order valence-corrected chi connectivity index (χ1v) is 6.26. The summed E-state index contributed by atoms with van der Waals surface area (Å²) in [5, 5.41) is 9.61. The molecule has 1 rings (SSSR count). The van der Waals surface area contributed by atoms with Crippen LogP contribution in [0.1, 0.15) is 27.2 Å². The van der Waals surface area contributed by atoms with E-state index >= 15 is 0 Å². The Morgan fingerprint density at radius 3 is 2.56 bits per heavy atom. The van der Waals surface area contributed by atoms with Crippen molar-refractivity contribution in [3.8, 4) is 0 Å². The van der Waals surface area contributed by atoms with Gasteiger partial charge in [-0.2, -0.15) is 0 Å². The predicted octanol–water partition coefficient (Wildman–Crippen LogP) is 0.557. The van der Waals surface area contributed by atoms with Gasteiger partial charge in [0, 0.05) is 26.2 Å². The standard InChI is InChI=1S/C12H24N2O2/c1-4-14(5-2)12(16)9-13-7-6-11(15)10(3)8-13/h10-11,15H,4-9H2,1-3H3. The number of amides is 1. The van der Waals surface area contributed by atoms with Crippen molar-refractivity contribution in [2.24, 2.45) is 5.92 Å². The Balaban J connectivity index is 2.40. The number of piperidine rings is 1. The third-order valence-electron chi connectivity index (χ3n) is 3.42. The molecule has 0 spiro atoms. The molecule has 94 valence electrons. The van der Waals surface area contributed by atoms with E-state index in [0.29, 0.717) is 6.54 Å². The fourth-order valence-corrected chi connectivity index (χ4v) is 2.23. The van der Waals surface area contributed by atoms with E-state index in [1.807, 2.05) is 25.7 Å². The molecular formula is C12H24N2O2. The monoisotopic (exact) mass is 228 g/mol. The van der Waals surface area contributed by atoms with Gasteiger partial charge in [0.05, 0.1) is 12.6 Å². The Morgan fingerprint density at radius 1 is 1.44 bits per heavy atom. The second-order valence-electron chi connectivity index (χ2n) is 4.63. The summed E-state index contributed by atoms with van der Waals surface area (Å²) in [5.41, 5.74) is 0. The Labute approximate surface area is 98.2 Å². The lowest BCUT2D eigenvalue weighted by molar-refractivity contribution is -0.133. The number of carbonyl (C=O) groups excluding carboxylic acids is 1. The van der Waals surface area contributed by atoms with E-state index < -0.39 is 0 Å². The summed E-state index contributed by atoms with van der Waals surface area (Å²) >= 11 is 0. The summed E-state index contributed by atoms with van der Waals surface area (Å²) in [6, 6.07) is 0. The van der Waals surface area contributed by atoms with E-state index in [1.54, 1.807) is 0 Å². The van der Waals surface area contributed by atoms with Gasteiger partial charge in [-0.15, -0.1) is 0 Å². The van der Waals surface area contributed by atoms with E-state index in [-0.39, 0.29) is 17.9 Å². The Kier molecular flexibility index (Phi) is 5.22. The van der Waals surface area contributed by atoms with Crippen LogP contribution in [0.15, 0.2) is 0 Å². The lowest BCUT2D eigenvalue weighted by Gasteiger charge is -2.34. The molecule has 1 aliphatic rings. The second kappa shape index (κ2) is 6.21. The molecular weight excluding hydrogens is 204 g/mol. The molecule has 0 bridgehead atoms. The van der Waals surface area contributed by atoms with Crippen LogP contribution in [-0.2, 0) is 4.79 Å². The largest absolute Gasteiger partial charge is 0.393 e. The third-order valence-corrected chi connectivity index (χ3v) is 3.42. The summed E-state index contributed by atoms with van der Waals surface area (Å²) in [7, 11) is 0. The van der Waals surface area contributed by atoms with Gasteiger partial charge in [0.15, 0.2) is 0 Å². The average Bonchev–Trinajstić information content (AvgIpc) is 2.25. The van der Waals surface area contributed by atoms with Crippen molar-refractivity contribution in [3.63, 3.8) is 0 Å². The molecule has 16 heavy (non-hydrogen) atoms. The number of carbonyl (C=O) groups is 1. The lowest BCUT2D eigenvalue weighted by atomic mass is 9.97. The molecule has 0 saturated carbocycles. The van der Waals surface area contributed by atoms with Gasteiger partial charge < -0.3 is 10.0 Å². The van der Waals surface area contributed by atoms with E-state index in [1.165, 1.54) is 0 Å². The Morgan fingerprint density at radius 2 is 2.06 bits per heavy atom. The maximum atomic E-state index is 11.9. The highest BCUT2D eigenvalue weighted by Crippen LogP contribution is 2.16. The van der Waals surface area contributed by atoms with Gasteiger partial charge in [-0.3, -0.25) is 9.69 Å². The predicted molar refractivity (Wildman–Crippen MR) is 64.2 cm³/mol. The van der Waals surface area contributed by atoms with Gasteiger partial charge in [-0.25, -0.2) is 0 Å². The maximum Gasteiger partial charge on any atom is 0.236 e. The van der Waals surface area contributed by atoms with E-state index in [4.69, 9.17) is 0 Å². The van der Waals surface area contributed by atoms with Crippen molar-refractivity contribution in [2.75, 3.05) is 32.7 Å². The first kappa shape index (κ1) is 13.5. The second-order valence-corrected chi connectivity index (χ2v) is 4.63. The molecule has 0 aromatic heterocycles. The van der Waals surface area contributed by atoms with E-state index in [2.05, 4.69) is 4.90 Å². The van der Waals surface area contributed by atoms with Crippen molar-refractivity contribution in [1.82, 2.24) is 9.80 Å². The molecule has 1 aliphatic heterocycles. The highest BCUT2D eigenvalue weighted by atomic mass is 16.3. The minimum absolute atomic E-state index is 0.195. The first-order chi connectivity index (χ1) is 7.58. The van der Waals surface area contributed by atoms with Gasteiger partial charge in [0.1, 0.15) is 0 Å². The molecule has 0 radical (unpaired) electrons. The lowest BCUT2D eigenvalue weighted by Crippen LogP contribution is -2.47. The quantitative estimate of drug-likeness (QED) is 0.764. The number of aliphatic hydroxyl groups is 1. The fraction of sp³-hybridized carbons (Fsp3) is 0.917. The summed E-state index contributed by atoms with van der Waals surface area (Å²) in [4.78, 5) is 15.9. The van der Waals surface area contributed by atoms with Crippen LogP contribution < -0.4 is 0 Å². The number of nitrogens with zero attached hydrogens (tertiary/aromatic N) is 2. The zero-order chi connectivity index (χ0) is 12.1. The van der Waals surface area contributed by atoms with Gasteiger partial charge >= 0.3 is 0 Å². The molecule has 1 heterocycles. The zero-order valence-electron chi connectivity index (χ0n) is 10.6. The summed E-state index contributed by atoms with van der Waals surface area (Å²) in [5.74, 6) is 0.479. The molecule has 1 amide bonds. The topological polar surface area (TPSA) is 43.8 Å². The van der Waals surface area contributed by atoms with Crippen LogP contribution in [0, 0.1) is 5.92 Å². The summed E-state index contributed by atoms with van der Waals surface area (Å²) in [6.45, 7) is 9.76. The van der Waals surface area contributed by atoms with Crippen LogP contribution in [0.3, 0.4) is 0 Å². The van der Waals surface area contributed by atoms with Crippen molar-refractivity contribution >= 4 is 5.91 Å². The number of hydrogen-bond donors (Lipinski definition) is 1. The average molecular weight is 228 g/mol. The van der Waals surface area contributed by atoms with E-state index in [0.717, 1.165) is 32.6 Å². The minimum atomic E-state index is -0.195. The van der Waals surface area contributed by atoms with Crippen LogP contribution in [0.4, 0.5) is 0 Å². The molecule has 1 fully saturated rings. The van der Waals surface area contributed by atoms with Gasteiger partial charge in [0.25, 0.3) is 0 Å². The van der Waals surface area contributed by atoms with Crippen LogP contribution in [0.2, 0.25) is 0 Å². The third kappa shape index (κ3) is 3.46. The van der Waals surface area contributed by atoms with Crippen LogP contribution >= 0.6 is 0 Å². The Hall–Kier alpha value is -0.610. The number of likely N-dealkylation sites (tertiary alicyclic amines) is 1. The van der Waals surface area contributed by atoms with Crippen LogP contribution in [0.5, 0.6) is 0 Å². The SMILES string of the molecule is CCN(CC)C(=O)CN1CCC(O)C(C)C1. The minimum Gasteiger partial charge on any atom is -0.393 e. The summed E-state index contributed by atoms with van der Waals surface area (Å²) < 4.78 is 0. The molecule has 4 heteroatoms. The molecule has 0 aromatic rings. The molecule has 0 aliphatic carbocycles. The zero-order valence-corrected chi connectivity index (χ0v) is 10.6. The highest BCUT2D eigenvalue weighted by Gasteiger charge is 2.26.